The first-order chi connectivity index (χ1) is 12.3. The molecule has 2 aliphatic heterocycles. The Morgan fingerprint density at radius 2 is 2.16 bits per heavy atom. The Kier molecular flexibility index (Phi) is 4.67. The standard InChI is InChI=1S/C18H18N2O4S/c21-18(15-9-25-10-19-15)20-13-3-1-2-12(6-13)8-22-14-4-5-16-17(7-14)24-11-23-16/h1-7,15,19H,8-11H2,(H,20,21). The van der Waals surface area contributed by atoms with Crippen molar-refractivity contribution < 1.29 is 19.0 Å². The Morgan fingerprint density at radius 1 is 1.24 bits per heavy atom. The molecule has 2 heterocycles. The number of ether oxygens (including phenoxy) is 3. The average molecular weight is 358 g/mol. The van der Waals surface area contributed by atoms with Crippen LogP contribution in [0.25, 0.3) is 0 Å². The molecular formula is C18H18N2O4S. The maximum Gasteiger partial charge on any atom is 0.242 e. The summed E-state index contributed by atoms with van der Waals surface area (Å²) in [6.07, 6.45) is 0. The van der Waals surface area contributed by atoms with Crippen molar-refractivity contribution in [3.8, 4) is 17.2 Å². The number of hydrogen-bond acceptors (Lipinski definition) is 6. The van der Waals surface area contributed by atoms with Crippen LogP contribution in [0.1, 0.15) is 5.56 Å². The van der Waals surface area contributed by atoms with E-state index in [-0.39, 0.29) is 18.7 Å². The predicted molar refractivity (Wildman–Crippen MR) is 96.2 cm³/mol. The van der Waals surface area contributed by atoms with Crippen molar-refractivity contribution in [2.45, 2.75) is 12.6 Å². The van der Waals surface area contributed by atoms with E-state index in [4.69, 9.17) is 14.2 Å². The summed E-state index contributed by atoms with van der Waals surface area (Å²) in [6, 6.07) is 13.0. The number of fused-ring (bicyclic) bond motifs is 1. The molecule has 0 bridgehead atoms. The number of hydrogen-bond donors (Lipinski definition) is 2. The van der Waals surface area contributed by atoms with Gasteiger partial charge < -0.3 is 19.5 Å². The van der Waals surface area contributed by atoms with E-state index in [1.54, 1.807) is 11.8 Å². The largest absolute Gasteiger partial charge is 0.489 e. The van der Waals surface area contributed by atoms with Crippen LogP contribution in [0.3, 0.4) is 0 Å². The van der Waals surface area contributed by atoms with Crippen molar-refractivity contribution in [3.63, 3.8) is 0 Å². The summed E-state index contributed by atoms with van der Waals surface area (Å²) in [5.41, 5.74) is 1.75. The second kappa shape index (κ2) is 7.25. The van der Waals surface area contributed by atoms with Gasteiger partial charge in [-0.2, -0.15) is 0 Å². The van der Waals surface area contributed by atoms with Crippen LogP contribution in [0.2, 0.25) is 0 Å². The molecular weight excluding hydrogens is 340 g/mol. The maximum absolute atomic E-state index is 12.2. The van der Waals surface area contributed by atoms with Crippen LogP contribution in [-0.2, 0) is 11.4 Å². The van der Waals surface area contributed by atoms with Crippen molar-refractivity contribution in [1.82, 2.24) is 5.32 Å². The summed E-state index contributed by atoms with van der Waals surface area (Å²) in [6.45, 7) is 0.649. The number of anilines is 1. The van der Waals surface area contributed by atoms with Crippen LogP contribution in [0.5, 0.6) is 17.2 Å². The predicted octanol–water partition coefficient (Wildman–Crippen LogP) is 2.60. The minimum Gasteiger partial charge on any atom is -0.489 e. The number of benzene rings is 2. The summed E-state index contributed by atoms with van der Waals surface area (Å²) in [4.78, 5) is 12.2. The highest BCUT2D eigenvalue weighted by Crippen LogP contribution is 2.35. The van der Waals surface area contributed by atoms with Crippen LogP contribution in [-0.4, -0.2) is 30.4 Å². The Hall–Kier alpha value is -2.38. The first-order valence-corrected chi connectivity index (χ1v) is 9.17. The zero-order valence-electron chi connectivity index (χ0n) is 13.5. The van der Waals surface area contributed by atoms with Crippen molar-refractivity contribution in [2.75, 3.05) is 23.7 Å². The molecule has 2 N–H and O–H groups in total. The minimum absolute atomic E-state index is 0.00107. The van der Waals surface area contributed by atoms with Crippen molar-refractivity contribution in [3.05, 3.63) is 48.0 Å². The van der Waals surface area contributed by atoms with E-state index in [1.165, 1.54) is 0 Å². The molecule has 0 saturated carbocycles. The highest BCUT2D eigenvalue weighted by atomic mass is 32.2. The number of thioether (sulfide) groups is 1. The van der Waals surface area contributed by atoms with E-state index in [0.29, 0.717) is 18.1 Å². The van der Waals surface area contributed by atoms with E-state index in [2.05, 4.69) is 10.6 Å². The molecule has 1 fully saturated rings. The van der Waals surface area contributed by atoms with E-state index in [9.17, 15) is 4.79 Å². The molecule has 2 aromatic rings. The molecule has 0 radical (unpaired) electrons. The van der Waals surface area contributed by atoms with Gasteiger partial charge in [0.25, 0.3) is 0 Å². The Bertz CT molecular complexity index is 777. The molecule has 7 heteroatoms. The Balaban J connectivity index is 1.37. The third kappa shape index (κ3) is 3.83. The molecule has 2 aliphatic rings. The fourth-order valence-electron chi connectivity index (χ4n) is 2.67. The fourth-order valence-corrected chi connectivity index (χ4v) is 3.61. The zero-order chi connectivity index (χ0) is 17.1. The molecule has 1 unspecified atom stereocenters. The molecule has 1 amide bonds. The van der Waals surface area contributed by atoms with Crippen molar-refractivity contribution >= 4 is 23.4 Å². The molecule has 0 aromatic heterocycles. The van der Waals surface area contributed by atoms with Crippen LogP contribution < -0.4 is 24.8 Å². The lowest BCUT2D eigenvalue weighted by molar-refractivity contribution is -0.117. The summed E-state index contributed by atoms with van der Waals surface area (Å²) in [7, 11) is 0. The SMILES string of the molecule is O=C(Nc1cccc(COc2ccc3c(c2)OCO3)c1)C1CSCN1. The maximum atomic E-state index is 12.2. The second-order valence-corrected chi connectivity index (χ2v) is 6.80. The van der Waals surface area contributed by atoms with Gasteiger partial charge >= 0.3 is 0 Å². The highest BCUT2D eigenvalue weighted by Gasteiger charge is 2.22. The summed E-state index contributed by atoms with van der Waals surface area (Å²) in [5, 5.41) is 6.11. The normalized spacial score (nSPS) is 18.2. The van der Waals surface area contributed by atoms with Gasteiger partial charge in [0.05, 0.1) is 6.04 Å². The van der Waals surface area contributed by atoms with Gasteiger partial charge in [-0.1, -0.05) is 12.1 Å². The van der Waals surface area contributed by atoms with E-state index in [0.717, 1.165) is 28.6 Å². The van der Waals surface area contributed by atoms with Gasteiger partial charge in [-0.05, 0) is 29.8 Å². The van der Waals surface area contributed by atoms with Gasteiger partial charge in [-0.15, -0.1) is 11.8 Å². The molecule has 1 saturated heterocycles. The molecule has 0 aliphatic carbocycles. The zero-order valence-corrected chi connectivity index (χ0v) is 14.3. The van der Waals surface area contributed by atoms with Gasteiger partial charge in [0, 0.05) is 23.4 Å². The lowest BCUT2D eigenvalue weighted by atomic mass is 10.2. The van der Waals surface area contributed by atoms with Gasteiger partial charge in [-0.3, -0.25) is 10.1 Å². The molecule has 6 nitrogen and oxygen atoms in total. The number of amides is 1. The quantitative estimate of drug-likeness (QED) is 0.856. The van der Waals surface area contributed by atoms with Crippen molar-refractivity contribution in [2.24, 2.45) is 0 Å². The monoisotopic (exact) mass is 358 g/mol. The van der Waals surface area contributed by atoms with Crippen molar-refractivity contribution in [1.29, 1.82) is 0 Å². The van der Waals surface area contributed by atoms with E-state index < -0.39 is 0 Å². The van der Waals surface area contributed by atoms with E-state index in [1.807, 2.05) is 42.5 Å². The second-order valence-electron chi connectivity index (χ2n) is 5.77. The van der Waals surface area contributed by atoms with E-state index >= 15 is 0 Å². The first-order valence-electron chi connectivity index (χ1n) is 8.01. The summed E-state index contributed by atoms with van der Waals surface area (Å²) in [5.74, 6) is 3.76. The lowest BCUT2D eigenvalue weighted by Crippen LogP contribution is -2.37. The molecule has 2 aromatic carbocycles. The summed E-state index contributed by atoms with van der Waals surface area (Å²) < 4.78 is 16.4. The smallest absolute Gasteiger partial charge is 0.242 e. The lowest BCUT2D eigenvalue weighted by Gasteiger charge is -2.12. The molecule has 4 rings (SSSR count). The highest BCUT2D eigenvalue weighted by molar-refractivity contribution is 7.99. The molecule has 130 valence electrons. The third-order valence-corrected chi connectivity index (χ3v) is 4.92. The number of carbonyl (C=O) groups excluding carboxylic acids is 1. The Morgan fingerprint density at radius 3 is 3.04 bits per heavy atom. The first kappa shape index (κ1) is 16.1. The number of rotatable bonds is 5. The Labute approximate surface area is 149 Å². The van der Waals surface area contributed by atoms with Crippen LogP contribution >= 0.6 is 11.8 Å². The number of carbonyl (C=O) groups is 1. The molecule has 1 atom stereocenters. The van der Waals surface area contributed by atoms with Gasteiger partial charge in [-0.25, -0.2) is 0 Å². The molecule has 0 spiro atoms. The van der Waals surface area contributed by atoms with Crippen LogP contribution in [0.4, 0.5) is 5.69 Å². The average Bonchev–Trinajstić information content (AvgIpc) is 3.31. The van der Waals surface area contributed by atoms with Gasteiger partial charge in [0.15, 0.2) is 11.5 Å². The van der Waals surface area contributed by atoms with Crippen LogP contribution in [0.15, 0.2) is 42.5 Å². The summed E-state index contributed by atoms with van der Waals surface area (Å²) >= 11 is 1.73. The van der Waals surface area contributed by atoms with Gasteiger partial charge in [0.1, 0.15) is 12.4 Å². The van der Waals surface area contributed by atoms with Gasteiger partial charge in [0.2, 0.25) is 12.7 Å². The van der Waals surface area contributed by atoms with Crippen LogP contribution in [0, 0.1) is 0 Å². The molecule has 25 heavy (non-hydrogen) atoms. The third-order valence-electron chi connectivity index (χ3n) is 3.98. The number of nitrogens with one attached hydrogen (secondary N) is 2. The fraction of sp³-hybridized carbons (Fsp3) is 0.278. The topological polar surface area (TPSA) is 68.8 Å². The minimum atomic E-state index is -0.126.